The first-order valence-corrected chi connectivity index (χ1v) is 9.33. The van der Waals surface area contributed by atoms with Gasteiger partial charge in [0.05, 0.1) is 31.1 Å². The highest BCUT2D eigenvalue weighted by Crippen LogP contribution is 2.28. The largest absolute Gasteiger partial charge is 0.493 e. The number of hydrazone groups is 1. The third-order valence-electron chi connectivity index (χ3n) is 4.58. The molecule has 0 aliphatic rings. The first-order valence-electron chi connectivity index (χ1n) is 8.95. The topological polar surface area (TPSA) is 64.8 Å². The third-order valence-corrected chi connectivity index (χ3v) is 4.90. The molecule has 0 radical (unpaired) electrons. The van der Waals surface area contributed by atoms with Gasteiger partial charge in [-0.3, -0.25) is 4.79 Å². The fraction of sp³-hybridized carbons (Fsp3) is 0.182. The van der Waals surface area contributed by atoms with Crippen LogP contribution < -0.4 is 14.9 Å². The number of para-hydroxylation sites is 1. The summed E-state index contributed by atoms with van der Waals surface area (Å²) in [5, 5.41) is 4.77. The van der Waals surface area contributed by atoms with E-state index in [2.05, 4.69) is 15.1 Å². The quantitative estimate of drug-likeness (QED) is 0.478. The normalized spacial score (nSPS) is 10.9. The lowest BCUT2D eigenvalue weighted by molar-refractivity contribution is 0.0954. The molecule has 1 aromatic heterocycles. The van der Waals surface area contributed by atoms with E-state index in [0.29, 0.717) is 22.1 Å². The number of aromatic nitrogens is 1. The second kappa shape index (κ2) is 8.84. The lowest BCUT2D eigenvalue weighted by Crippen LogP contribution is -2.17. The van der Waals surface area contributed by atoms with E-state index in [0.717, 1.165) is 22.6 Å². The van der Waals surface area contributed by atoms with Crippen LogP contribution >= 0.6 is 11.6 Å². The summed E-state index contributed by atoms with van der Waals surface area (Å²) in [5.41, 5.74) is 6.73. The van der Waals surface area contributed by atoms with Crippen LogP contribution in [0.25, 0.3) is 5.69 Å². The molecule has 1 N–H and O–H groups in total. The molecule has 0 saturated carbocycles. The lowest BCUT2D eigenvalue weighted by Gasteiger charge is -2.11. The van der Waals surface area contributed by atoms with Gasteiger partial charge in [0.15, 0.2) is 11.5 Å². The minimum absolute atomic E-state index is 0.345. The van der Waals surface area contributed by atoms with Crippen molar-refractivity contribution in [3.8, 4) is 17.2 Å². The van der Waals surface area contributed by atoms with Crippen molar-refractivity contribution in [2.75, 3.05) is 14.2 Å². The number of methoxy groups -OCH3 is 2. The van der Waals surface area contributed by atoms with Gasteiger partial charge in [-0.1, -0.05) is 23.7 Å². The smallest absolute Gasteiger partial charge is 0.271 e. The van der Waals surface area contributed by atoms with Gasteiger partial charge in [-0.05, 0) is 50.2 Å². The van der Waals surface area contributed by atoms with Gasteiger partial charge < -0.3 is 14.0 Å². The number of aryl methyl sites for hydroxylation is 1. The highest BCUT2D eigenvalue weighted by atomic mass is 35.5. The minimum atomic E-state index is -0.345. The average Bonchev–Trinajstić information content (AvgIpc) is 3.01. The summed E-state index contributed by atoms with van der Waals surface area (Å²) in [7, 11) is 3.06. The fourth-order valence-corrected chi connectivity index (χ4v) is 3.34. The van der Waals surface area contributed by atoms with Crippen molar-refractivity contribution in [2.24, 2.45) is 5.10 Å². The van der Waals surface area contributed by atoms with Crippen molar-refractivity contribution in [1.82, 2.24) is 9.99 Å². The van der Waals surface area contributed by atoms with E-state index in [1.54, 1.807) is 31.5 Å². The molecule has 0 bridgehead atoms. The Balaban J connectivity index is 1.78. The Morgan fingerprint density at radius 1 is 1.07 bits per heavy atom. The molecule has 1 amide bonds. The average molecular weight is 412 g/mol. The van der Waals surface area contributed by atoms with Gasteiger partial charge in [0.1, 0.15) is 0 Å². The second-order valence-electron chi connectivity index (χ2n) is 6.38. The van der Waals surface area contributed by atoms with Gasteiger partial charge in [-0.15, -0.1) is 0 Å². The summed E-state index contributed by atoms with van der Waals surface area (Å²) < 4.78 is 12.5. The molecular formula is C22H22ClN3O3. The molecular weight excluding hydrogens is 390 g/mol. The van der Waals surface area contributed by atoms with E-state index < -0.39 is 0 Å². The Bertz CT molecular complexity index is 1070. The highest BCUT2D eigenvalue weighted by molar-refractivity contribution is 6.32. The van der Waals surface area contributed by atoms with Crippen LogP contribution in [0, 0.1) is 13.8 Å². The van der Waals surface area contributed by atoms with Crippen molar-refractivity contribution in [1.29, 1.82) is 0 Å². The SMILES string of the molecule is COc1ccc(C(=O)N/N=C\c2cc(C)n(-c3ccccc3Cl)c2C)cc1OC. The Labute approximate surface area is 174 Å². The van der Waals surface area contributed by atoms with E-state index in [-0.39, 0.29) is 5.91 Å². The molecule has 0 aliphatic carbocycles. The van der Waals surface area contributed by atoms with Gasteiger partial charge in [0.25, 0.3) is 5.91 Å². The maximum absolute atomic E-state index is 12.4. The predicted octanol–water partition coefficient (Wildman–Crippen LogP) is 4.53. The number of halogens is 1. The van der Waals surface area contributed by atoms with Gasteiger partial charge in [0, 0.05) is 22.5 Å². The molecule has 150 valence electrons. The van der Waals surface area contributed by atoms with Crippen LogP contribution in [0.1, 0.15) is 27.3 Å². The van der Waals surface area contributed by atoms with Crippen LogP contribution in [0.2, 0.25) is 5.02 Å². The Hall–Kier alpha value is -3.25. The summed E-state index contributed by atoms with van der Waals surface area (Å²) in [6, 6.07) is 14.6. The third kappa shape index (κ3) is 4.27. The molecule has 1 heterocycles. The summed E-state index contributed by atoms with van der Waals surface area (Å²) >= 11 is 6.34. The highest BCUT2D eigenvalue weighted by Gasteiger charge is 2.13. The second-order valence-corrected chi connectivity index (χ2v) is 6.79. The molecule has 7 heteroatoms. The first kappa shape index (κ1) is 20.5. The van der Waals surface area contributed by atoms with E-state index in [1.165, 1.54) is 7.11 Å². The summed E-state index contributed by atoms with van der Waals surface area (Å²) in [6.07, 6.45) is 1.62. The number of nitrogens with zero attached hydrogens (tertiary/aromatic N) is 2. The molecule has 6 nitrogen and oxygen atoms in total. The molecule has 0 saturated heterocycles. The van der Waals surface area contributed by atoms with Crippen LogP contribution in [-0.4, -0.2) is 30.9 Å². The molecule has 0 fully saturated rings. The number of carbonyl (C=O) groups excluding carboxylic acids is 1. The molecule has 29 heavy (non-hydrogen) atoms. The predicted molar refractivity (Wildman–Crippen MR) is 115 cm³/mol. The monoisotopic (exact) mass is 411 g/mol. The van der Waals surface area contributed by atoms with E-state index in [1.807, 2.05) is 44.2 Å². The maximum Gasteiger partial charge on any atom is 0.271 e. The summed E-state index contributed by atoms with van der Waals surface area (Å²) in [6.45, 7) is 3.98. The van der Waals surface area contributed by atoms with E-state index in [9.17, 15) is 4.79 Å². The van der Waals surface area contributed by atoms with Gasteiger partial charge in [0.2, 0.25) is 0 Å². The minimum Gasteiger partial charge on any atom is -0.493 e. The zero-order valence-electron chi connectivity index (χ0n) is 16.7. The molecule has 0 spiro atoms. The van der Waals surface area contributed by atoms with E-state index in [4.69, 9.17) is 21.1 Å². The van der Waals surface area contributed by atoms with Crippen LogP contribution in [0.4, 0.5) is 0 Å². The molecule has 3 rings (SSSR count). The summed E-state index contributed by atoms with van der Waals surface area (Å²) in [4.78, 5) is 12.4. The van der Waals surface area contributed by atoms with Crippen molar-refractivity contribution < 1.29 is 14.3 Å². The van der Waals surface area contributed by atoms with Gasteiger partial charge in [-0.2, -0.15) is 5.10 Å². The number of nitrogens with one attached hydrogen (secondary N) is 1. The molecule has 3 aromatic rings. The zero-order valence-corrected chi connectivity index (χ0v) is 17.4. The van der Waals surface area contributed by atoms with Crippen molar-refractivity contribution >= 4 is 23.7 Å². The van der Waals surface area contributed by atoms with E-state index >= 15 is 0 Å². The fourth-order valence-electron chi connectivity index (χ4n) is 3.12. The lowest BCUT2D eigenvalue weighted by atomic mass is 10.2. The number of benzene rings is 2. The number of rotatable bonds is 6. The van der Waals surface area contributed by atoms with Gasteiger partial charge in [-0.25, -0.2) is 5.43 Å². The molecule has 0 atom stereocenters. The summed E-state index contributed by atoms with van der Waals surface area (Å²) in [5.74, 6) is 0.689. The van der Waals surface area contributed by atoms with Crippen molar-refractivity contribution in [3.63, 3.8) is 0 Å². The Morgan fingerprint density at radius 3 is 2.48 bits per heavy atom. The Morgan fingerprint density at radius 2 is 1.79 bits per heavy atom. The molecule has 0 unspecified atom stereocenters. The van der Waals surface area contributed by atoms with Crippen LogP contribution in [-0.2, 0) is 0 Å². The molecule has 0 aliphatic heterocycles. The van der Waals surface area contributed by atoms with Crippen molar-refractivity contribution in [2.45, 2.75) is 13.8 Å². The number of hydrogen-bond acceptors (Lipinski definition) is 4. The Kier molecular flexibility index (Phi) is 6.24. The molecule has 2 aromatic carbocycles. The van der Waals surface area contributed by atoms with Crippen LogP contribution in [0.5, 0.6) is 11.5 Å². The van der Waals surface area contributed by atoms with Crippen LogP contribution in [0.15, 0.2) is 53.6 Å². The maximum atomic E-state index is 12.4. The number of amides is 1. The number of ether oxygens (including phenoxy) is 2. The standard InChI is InChI=1S/C22H22ClN3O3/c1-14-11-17(15(2)26(14)19-8-6-5-7-18(19)23)13-24-25-22(27)16-9-10-20(28-3)21(12-16)29-4/h5-13H,1-4H3,(H,25,27)/b24-13-. The number of carbonyl (C=O) groups is 1. The zero-order chi connectivity index (χ0) is 21.0. The van der Waals surface area contributed by atoms with Crippen molar-refractivity contribution in [3.05, 3.63) is 76.1 Å². The van der Waals surface area contributed by atoms with Crippen LogP contribution in [0.3, 0.4) is 0 Å². The first-order chi connectivity index (χ1) is 14.0. The van der Waals surface area contributed by atoms with Gasteiger partial charge >= 0.3 is 0 Å². The number of hydrogen-bond donors (Lipinski definition) is 1.